The molecule has 0 aliphatic carbocycles. The second-order valence-corrected chi connectivity index (χ2v) is 7.26. The quantitative estimate of drug-likeness (QED) is 0.372. The van der Waals surface area contributed by atoms with E-state index in [0.29, 0.717) is 28.5 Å². The van der Waals surface area contributed by atoms with E-state index < -0.39 is 11.6 Å². The van der Waals surface area contributed by atoms with Gasteiger partial charge in [-0.15, -0.1) is 0 Å². The molecule has 3 aromatic carbocycles. The predicted molar refractivity (Wildman–Crippen MR) is 113 cm³/mol. The van der Waals surface area contributed by atoms with E-state index in [1.807, 2.05) is 6.92 Å². The van der Waals surface area contributed by atoms with Gasteiger partial charge in [0, 0.05) is 10.6 Å². The number of aryl methyl sites for hydroxylation is 1. The van der Waals surface area contributed by atoms with E-state index in [0.717, 1.165) is 18.1 Å². The summed E-state index contributed by atoms with van der Waals surface area (Å²) in [5, 5.41) is 0.729. The van der Waals surface area contributed by atoms with Gasteiger partial charge in [-0.05, 0) is 66.6 Å². The maximum absolute atomic E-state index is 14.4. The number of hydrogen-bond acceptors (Lipinski definition) is 3. The van der Waals surface area contributed by atoms with Gasteiger partial charge in [0.1, 0.15) is 23.1 Å². The molecule has 0 spiro atoms. The lowest BCUT2D eigenvalue weighted by molar-refractivity contribution is 0.103. The van der Waals surface area contributed by atoms with Crippen molar-refractivity contribution >= 4 is 29.0 Å². The van der Waals surface area contributed by atoms with Crippen LogP contribution in [0.4, 0.5) is 4.39 Å². The van der Waals surface area contributed by atoms with Crippen molar-refractivity contribution in [2.45, 2.75) is 19.8 Å². The lowest BCUT2D eigenvalue weighted by Crippen LogP contribution is -2.08. The van der Waals surface area contributed by atoms with Crippen molar-refractivity contribution in [3.05, 3.63) is 87.2 Å². The van der Waals surface area contributed by atoms with E-state index in [1.54, 1.807) is 42.5 Å². The first-order chi connectivity index (χ1) is 13.9. The third-order valence-corrected chi connectivity index (χ3v) is 4.92. The van der Waals surface area contributed by atoms with Crippen LogP contribution in [0, 0.1) is 5.82 Å². The molecular formula is C23H19Cl2FO3. The number of benzene rings is 3. The first-order valence-electron chi connectivity index (χ1n) is 9.07. The highest BCUT2D eigenvalue weighted by Gasteiger charge is 2.20. The number of carbonyl (C=O) groups excluding carboxylic acids is 1. The van der Waals surface area contributed by atoms with Crippen molar-refractivity contribution < 1.29 is 18.7 Å². The molecule has 0 bridgehead atoms. The van der Waals surface area contributed by atoms with Crippen LogP contribution in [0.15, 0.2) is 54.6 Å². The predicted octanol–water partition coefficient (Wildman–Crippen LogP) is 7.12. The summed E-state index contributed by atoms with van der Waals surface area (Å²) in [4.78, 5) is 13.1. The summed E-state index contributed by atoms with van der Waals surface area (Å²) in [5.74, 6) is 0.339. The first-order valence-corrected chi connectivity index (χ1v) is 9.82. The zero-order chi connectivity index (χ0) is 21.0. The molecule has 0 aliphatic heterocycles. The Hall–Kier alpha value is -2.56. The second-order valence-electron chi connectivity index (χ2n) is 6.42. The summed E-state index contributed by atoms with van der Waals surface area (Å²) in [6.07, 6.45) is 1.46. The number of halogens is 3. The first kappa shape index (κ1) is 21.2. The van der Waals surface area contributed by atoms with Crippen molar-refractivity contribution in [1.29, 1.82) is 0 Å². The standard InChI is InChI=1S/C23H19Cl2FO3/c1-3-4-14-11-17(29-16-7-5-15(24)6-8-16)9-10-18(14)23(27)19-12-22(28-2)20(25)13-21(19)26/h5-13H,3-4H2,1-2H3. The molecule has 0 aliphatic rings. The van der Waals surface area contributed by atoms with E-state index >= 15 is 0 Å². The third-order valence-electron chi connectivity index (χ3n) is 4.38. The third kappa shape index (κ3) is 4.89. The number of rotatable bonds is 7. The van der Waals surface area contributed by atoms with Crippen LogP contribution in [0.25, 0.3) is 0 Å². The topological polar surface area (TPSA) is 35.5 Å². The van der Waals surface area contributed by atoms with Crippen LogP contribution in [-0.4, -0.2) is 12.9 Å². The summed E-state index contributed by atoms with van der Waals surface area (Å²) in [7, 11) is 1.42. The Morgan fingerprint density at radius 3 is 2.31 bits per heavy atom. The summed E-state index contributed by atoms with van der Waals surface area (Å²) in [5.41, 5.74) is 1.10. The zero-order valence-electron chi connectivity index (χ0n) is 16.0. The smallest absolute Gasteiger partial charge is 0.196 e. The van der Waals surface area contributed by atoms with Crippen LogP contribution in [0.2, 0.25) is 10.0 Å². The molecule has 0 radical (unpaired) electrons. The Balaban J connectivity index is 1.96. The molecule has 3 aromatic rings. The molecule has 150 valence electrons. The Morgan fingerprint density at radius 1 is 0.966 bits per heavy atom. The molecule has 3 nitrogen and oxygen atoms in total. The van der Waals surface area contributed by atoms with Gasteiger partial charge in [-0.3, -0.25) is 4.79 Å². The Morgan fingerprint density at radius 2 is 1.66 bits per heavy atom. The molecule has 0 saturated carbocycles. The average Bonchev–Trinajstić information content (AvgIpc) is 2.70. The van der Waals surface area contributed by atoms with Gasteiger partial charge in [-0.25, -0.2) is 4.39 Å². The molecule has 0 fully saturated rings. The molecular weight excluding hydrogens is 414 g/mol. The molecule has 0 saturated heterocycles. The lowest BCUT2D eigenvalue weighted by atomic mass is 9.95. The van der Waals surface area contributed by atoms with Gasteiger partial charge in [-0.2, -0.15) is 0 Å². The zero-order valence-corrected chi connectivity index (χ0v) is 17.5. The maximum atomic E-state index is 14.4. The van der Waals surface area contributed by atoms with Crippen molar-refractivity contribution in [2.24, 2.45) is 0 Å². The van der Waals surface area contributed by atoms with Crippen LogP contribution in [-0.2, 0) is 6.42 Å². The fourth-order valence-electron chi connectivity index (χ4n) is 2.97. The van der Waals surface area contributed by atoms with E-state index in [1.165, 1.54) is 13.2 Å². The van der Waals surface area contributed by atoms with Gasteiger partial charge in [-0.1, -0.05) is 36.5 Å². The van der Waals surface area contributed by atoms with Gasteiger partial charge in [0.25, 0.3) is 0 Å². The molecule has 0 aromatic heterocycles. The summed E-state index contributed by atoms with van der Waals surface area (Å²) < 4.78 is 25.4. The Kier molecular flexibility index (Phi) is 6.78. The minimum Gasteiger partial charge on any atom is -0.495 e. The molecule has 0 N–H and O–H groups in total. The van der Waals surface area contributed by atoms with Crippen molar-refractivity contribution in [3.8, 4) is 17.2 Å². The minimum atomic E-state index is -0.690. The van der Waals surface area contributed by atoms with E-state index in [4.69, 9.17) is 32.7 Å². The van der Waals surface area contributed by atoms with Crippen LogP contribution >= 0.6 is 23.2 Å². The van der Waals surface area contributed by atoms with Crippen LogP contribution in [0.1, 0.15) is 34.8 Å². The van der Waals surface area contributed by atoms with Crippen molar-refractivity contribution in [2.75, 3.05) is 7.11 Å². The van der Waals surface area contributed by atoms with Crippen molar-refractivity contribution in [1.82, 2.24) is 0 Å². The minimum absolute atomic E-state index is 0.0880. The number of ketones is 1. The number of carbonyl (C=O) groups is 1. The maximum Gasteiger partial charge on any atom is 0.196 e. The number of ether oxygens (including phenoxy) is 2. The highest BCUT2D eigenvalue weighted by molar-refractivity contribution is 6.32. The average molecular weight is 433 g/mol. The van der Waals surface area contributed by atoms with E-state index in [9.17, 15) is 9.18 Å². The molecule has 6 heteroatoms. The molecule has 0 amide bonds. The van der Waals surface area contributed by atoms with E-state index in [2.05, 4.69) is 0 Å². The summed E-state index contributed by atoms with van der Waals surface area (Å²) >= 11 is 11.8. The fourth-order valence-corrected chi connectivity index (χ4v) is 3.33. The normalized spacial score (nSPS) is 10.7. The Bertz CT molecular complexity index is 1030. The molecule has 0 heterocycles. The summed E-state index contributed by atoms with van der Waals surface area (Å²) in [6, 6.07) is 14.5. The van der Waals surface area contributed by atoms with Gasteiger partial charge >= 0.3 is 0 Å². The second kappa shape index (κ2) is 9.29. The fraction of sp³-hybridized carbons (Fsp3) is 0.174. The monoisotopic (exact) mass is 432 g/mol. The molecule has 3 rings (SSSR count). The SMILES string of the molecule is CCCc1cc(Oc2ccc(Cl)cc2)ccc1C(=O)c1cc(OC)c(Cl)cc1F. The van der Waals surface area contributed by atoms with Crippen LogP contribution in [0.3, 0.4) is 0 Å². The number of hydrogen-bond donors (Lipinski definition) is 0. The highest BCUT2D eigenvalue weighted by atomic mass is 35.5. The van der Waals surface area contributed by atoms with E-state index in [-0.39, 0.29) is 16.3 Å². The van der Waals surface area contributed by atoms with Gasteiger partial charge in [0.05, 0.1) is 17.7 Å². The van der Waals surface area contributed by atoms with Crippen molar-refractivity contribution in [3.63, 3.8) is 0 Å². The van der Waals surface area contributed by atoms with Crippen LogP contribution < -0.4 is 9.47 Å². The molecule has 0 unspecified atom stereocenters. The van der Waals surface area contributed by atoms with Gasteiger partial charge in [0.2, 0.25) is 0 Å². The number of methoxy groups -OCH3 is 1. The summed E-state index contributed by atoms with van der Waals surface area (Å²) in [6.45, 7) is 2.01. The lowest BCUT2D eigenvalue weighted by Gasteiger charge is -2.13. The van der Waals surface area contributed by atoms with Gasteiger partial charge < -0.3 is 9.47 Å². The Labute approximate surface area is 179 Å². The van der Waals surface area contributed by atoms with Gasteiger partial charge in [0.15, 0.2) is 5.78 Å². The molecule has 0 atom stereocenters. The van der Waals surface area contributed by atoms with Crippen LogP contribution in [0.5, 0.6) is 17.2 Å². The highest BCUT2D eigenvalue weighted by Crippen LogP contribution is 2.31. The molecule has 29 heavy (non-hydrogen) atoms. The largest absolute Gasteiger partial charge is 0.495 e.